The van der Waals surface area contributed by atoms with Crippen molar-refractivity contribution in [2.24, 2.45) is 5.73 Å². The highest BCUT2D eigenvalue weighted by atomic mass is 16.1. The van der Waals surface area contributed by atoms with Gasteiger partial charge in [-0.2, -0.15) is 0 Å². The second-order valence-corrected chi connectivity index (χ2v) is 4.40. The van der Waals surface area contributed by atoms with Crippen LogP contribution in [0.2, 0.25) is 0 Å². The fraction of sp³-hybridized carbons (Fsp3) is 0.417. The first-order valence-corrected chi connectivity index (χ1v) is 5.96. The van der Waals surface area contributed by atoms with Gasteiger partial charge in [0.05, 0.1) is 5.56 Å². The normalized spacial score (nSPS) is 11.1. The maximum atomic E-state index is 11.8. The molecule has 0 unspecified atom stereocenters. The zero-order valence-electron chi connectivity index (χ0n) is 10.6. The summed E-state index contributed by atoms with van der Waals surface area (Å²) in [5, 5.41) is 10.9. The summed E-state index contributed by atoms with van der Waals surface area (Å²) in [6.45, 7) is 4.98. The third kappa shape index (κ3) is 2.33. The van der Waals surface area contributed by atoms with Crippen molar-refractivity contribution in [3.8, 4) is 0 Å². The van der Waals surface area contributed by atoms with Gasteiger partial charge in [-0.05, 0) is 12.1 Å². The largest absolute Gasteiger partial charge is 0.351 e. The minimum absolute atomic E-state index is 0.134. The molecule has 0 bridgehead atoms. The molecular formula is C12H17N5O. The van der Waals surface area contributed by atoms with E-state index in [1.807, 2.05) is 18.2 Å². The molecule has 0 saturated heterocycles. The maximum Gasteiger partial charge on any atom is 0.252 e. The van der Waals surface area contributed by atoms with E-state index in [2.05, 4.69) is 15.5 Å². The Morgan fingerprint density at radius 1 is 1.44 bits per heavy atom. The third-order valence-electron chi connectivity index (χ3n) is 2.64. The van der Waals surface area contributed by atoms with Crippen molar-refractivity contribution in [1.82, 2.24) is 19.9 Å². The van der Waals surface area contributed by atoms with Gasteiger partial charge in [-0.15, -0.1) is 10.2 Å². The monoisotopic (exact) mass is 247 g/mol. The van der Waals surface area contributed by atoms with Gasteiger partial charge in [0, 0.05) is 25.2 Å². The molecule has 3 N–H and O–H groups in total. The Morgan fingerprint density at radius 2 is 2.22 bits per heavy atom. The van der Waals surface area contributed by atoms with E-state index < -0.39 is 0 Å². The number of carbonyl (C=O) groups excluding carboxylic acids is 1. The average Bonchev–Trinajstić information content (AvgIpc) is 2.78. The number of pyridine rings is 1. The highest BCUT2D eigenvalue weighted by Crippen LogP contribution is 2.14. The summed E-state index contributed by atoms with van der Waals surface area (Å²) < 4.78 is 1.85. The van der Waals surface area contributed by atoms with Crippen LogP contribution in [0.4, 0.5) is 0 Å². The Kier molecular flexibility index (Phi) is 3.57. The first kappa shape index (κ1) is 12.5. The number of nitrogens with two attached hydrogens (primary N) is 1. The fourth-order valence-corrected chi connectivity index (χ4v) is 1.72. The van der Waals surface area contributed by atoms with Crippen LogP contribution in [0.3, 0.4) is 0 Å². The molecule has 2 heterocycles. The van der Waals surface area contributed by atoms with E-state index in [9.17, 15) is 4.79 Å². The second kappa shape index (κ2) is 5.14. The number of rotatable bonds is 4. The summed E-state index contributed by atoms with van der Waals surface area (Å²) in [5.41, 5.74) is 6.68. The van der Waals surface area contributed by atoms with Crippen LogP contribution in [0.15, 0.2) is 18.3 Å². The predicted molar refractivity (Wildman–Crippen MR) is 68.5 cm³/mol. The van der Waals surface area contributed by atoms with Crippen molar-refractivity contribution in [1.29, 1.82) is 0 Å². The molecule has 0 atom stereocenters. The smallest absolute Gasteiger partial charge is 0.252 e. The molecule has 2 aromatic heterocycles. The van der Waals surface area contributed by atoms with Crippen molar-refractivity contribution < 1.29 is 4.79 Å². The topological polar surface area (TPSA) is 85.3 Å². The number of nitrogens with zero attached hydrogens (tertiary/aromatic N) is 3. The van der Waals surface area contributed by atoms with Gasteiger partial charge in [0.25, 0.3) is 5.91 Å². The number of amides is 1. The van der Waals surface area contributed by atoms with Crippen LogP contribution in [-0.2, 0) is 0 Å². The van der Waals surface area contributed by atoms with Gasteiger partial charge in [0.15, 0.2) is 5.65 Å². The highest BCUT2D eigenvalue weighted by Gasteiger charge is 2.11. The molecular weight excluding hydrogens is 230 g/mol. The van der Waals surface area contributed by atoms with E-state index in [-0.39, 0.29) is 11.8 Å². The molecule has 0 saturated carbocycles. The molecule has 0 fully saturated rings. The number of aromatic nitrogens is 3. The van der Waals surface area contributed by atoms with Gasteiger partial charge >= 0.3 is 0 Å². The van der Waals surface area contributed by atoms with E-state index in [1.165, 1.54) is 0 Å². The zero-order valence-corrected chi connectivity index (χ0v) is 10.6. The van der Waals surface area contributed by atoms with Gasteiger partial charge in [0.1, 0.15) is 5.82 Å². The second-order valence-electron chi connectivity index (χ2n) is 4.40. The Bertz CT molecular complexity index is 561. The van der Waals surface area contributed by atoms with Crippen molar-refractivity contribution in [2.75, 3.05) is 13.1 Å². The molecule has 1 amide bonds. The Morgan fingerprint density at radius 3 is 2.89 bits per heavy atom. The van der Waals surface area contributed by atoms with Crippen molar-refractivity contribution in [3.63, 3.8) is 0 Å². The summed E-state index contributed by atoms with van der Waals surface area (Å²) in [6.07, 6.45) is 1.76. The predicted octanol–water partition coefficient (Wildman–Crippen LogP) is 0.541. The van der Waals surface area contributed by atoms with E-state index in [1.54, 1.807) is 18.3 Å². The summed E-state index contributed by atoms with van der Waals surface area (Å²) in [6, 6.07) is 3.52. The molecule has 6 heteroatoms. The van der Waals surface area contributed by atoms with Crippen LogP contribution in [0.1, 0.15) is 35.9 Å². The van der Waals surface area contributed by atoms with Gasteiger partial charge in [-0.3, -0.25) is 9.20 Å². The minimum atomic E-state index is -0.134. The van der Waals surface area contributed by atoms with Crippen LogP contribution < -0.4 is 11.1 Å². The molecule has 6 nitrogen and oxygen atoms in total. The first-order chi connectivity index (χ1) is 8.63. The van der Waals surface area contributed by atoms with Crippen LogP contribution in [-0.4, -0.2) is 33.6 Å². The molecule has 0 spiro atoms. The summed E-state index contributed by atoms with van der Waals surface area (Å²) in [4.78, 5) is 11.8. The molecule has 18 heavy (non-hydrogen) atoms. The Balaban J connectivity index is 2.36. The molecule has 0 aliphatic heterocycles. The summed E-state index contributed by atoms with van der Waals surface area (Å²) >= 11 is 0. The molecule has 0 aliphatic rings. The number of fused-ring (bicyclic) bond motifs is 1. The van der Waals surface area contributed by atoms with E-state index in [0.29, 0.717) is 18.7 Å². The minimum Gasteiger partial charge on any atom is -0.351 e. The molecule has 0 aliphatic carbocycles. The van der Waals surface area contributed by atoms with Crippen LogP contribution >= 0.6 is 0 Å². The SMILES string of the molecule is CC(C)c1nnc2ccc(C(=O)NCCN)cn12. The molecule has 96 valence electrons. The lowest BCUT2D eigenvalue weighted by molar-refractivity contribution is 0.0954. The van der Waals surface area contributed by atoms with Crippen molar-refractivity contribution in [2.45, 2.75) is 19.8 Å². The Hall–Kier alpha value is -1.95. The van der Waals surface area contributed by atoms with E-state index in [4.69, 9.17) is 5.73 Å². The van der Waals surface area contributed by atoms with Crippen molar-refractivity contribution in [3.05, 3.63) is 29.7 Å². The lowest BCUT2D eigenvalue weighted by Gasteiger charge is -2.06. The quantitative estimate of drug-likeness (QED) is 0.825. The number of carbonyl (C=O) groups is 1. The number of hydrogen-bond acceptors (Lipinski definition) is 4. The third-order valence-corrected chi connectivity index (χ3v) is 2.64. The first-order valence-electron chi connectivity index (χ1n) is 5.96. The standard InChI is InChI=1S/C12H17N5O/c1-8(2)11-16-15-10-4-3-9(7-17(10)11)12(18)14-6-5-13/h3-4,7-8H,5-6,13H2,1-2H3,(H,14,18). The number of hydrogen-bond donors (Lipinski definition) is 2. The number of nitrogens with one attached hydrogen (secondary N) is 1. The summed E-state index contributed by atoms with van der Waals surface area (Å²) in [5.74, 6) is 0.964. The lowest BCUT2D eigenvalue weighted by atomic mass is 10.2. The van der Waals surface area contributed by atoms with Crippen molar-refractivity contribution >= 4 is 11.6 Å². The Labute approximate surface area is 105 Å². The molecule has 0 radical (unpaired) electrons. The highest BCUT2D eigenvalue weighted by molar-refractivity contribution is 5.94. The van der Waals surface area contributed by atoms with Crippen LogP contribution in [0.25, 0.3) is 5.65 Å². The molecule has 2 aromatic rings. The van der Waals surface area contributed by atoms with Gasteiger partial charge < -0.3 is 11.1 Å². The molecule has 0 aromatic carbocycles. The van der Waals surface area contributed by atoms with Gasteiger partial charge in [0.2, 0.25) is 0 Å². The van der Waals surface area contributed by atoms with E-state index in [0.717, 1.165) is 11.5 Å². The maximum absolute atomic E-state index is 11.8. The fourth-order valence-electron chi connectivity index (χ4n) is 1.72. The zero-order chi connectivity index (χ0) is 13.1. The van der Waals surface area contributed by atoms with Crippen LogP contribution in [0.5, 0.6) is 0 Å². The van der Waals surface area contributed by atoms with E-state index >= 15 is 0 Å². The van der Waals surface area contributed by atoms with Gasteiger partial charge in [-0.25, -0.2) is 0 Å². The average molecular weight is 247 g/mol. The van der Waals surface area contributed by atoms with Gasteiger partial charge in [-0.1, -0.05) is 13.8 Å². The summed E-state index contributed by atoms with van der Waals surface area (Å²) in [7, 11) is 0. The molecule has 2 rings (SSSR count). The lowest BCUT2D eigenvalue weighted by Crippen LogP contribution is -2.29. The van der Waals surface area contributed by atoms with Crippen LogP contribution in [0, 0.1) is 0 Å².